The summed E-state index contributed by atoms with van der Waals surface area (Å²) in [7, 11) is 1.60. The summed E-state index contributed by atoms with van der Waals surface area (Å²) >= 11 is 1.30. The van der Waals surface area contributed by atoms with Crippen LogP contribution in [0, 0.1) is 5.82 Å². The predicted octanol–water partition coefficient (Wildman–Crippen LogP) is 3.77. The van der Waals surface area contributed by atoms with Crippen LogP contribution in [0.25, 0.3) is 5.69 Å². The molecule has 0 spiro atoms. The Morgan fingerprint density at radius 1 is 1.18 bits per heavy atom. The number of carbonyl (C=O) groups excluding carboxylic acids is 1. The average molecular weight is 400 g/mol. The van der Waals surface area contributed by atoms with E-state index in [1.54, 1.807) is 37.1 Å². The van der Waals surface area contributed by atoms with Crippen molar-refractivity contribution < 1.29 is 13.9 Å². The first-order valence-electron chi connectivity index (χ1n) is 8.75. The Labute approximate surface area is 167 Å². The molecule has 1 N–H and O–H groups in total. The standard InChI is InChI=1S/C20H21FN4O2S/c1-13(15-8-10-16(21)11-9-15)23-19(26)14(2)28-20-24-22-12-25(20)17-6-4-5-7-18(17)27-3/h4-14H,1-3H3,(H,23,26)/t13-,14-/m0/s1. The van der Waals surface area contributed by atoms with E-state index >= 15 is 0 Å². The molecule has 3 aromatic rings. The molecular weight excluding hydrogens is 379 g/mol. The van der Waals surface area contributed by atoms with Gasteiger partial charge in [0, 0.05) is 0 Å². The number of benzene rings is 2. The lowest BCUT2D eigenvalue weighted by Gasteiger charge is -2.18. The number of rotatable bonds is 7. The summed E-state index contributed by atoms with van der Waals surface area (Å²) in [5.74, 6) is 0.240. The van der Waals surface area contributed by atoms with Gasteiger partial charge in [-0.1, -0.05) is 36.0 Å². The fourth-order valence-corrected chi connectivity index (χ4v) is 3.52. The Balaban J connectivity index is 1.70. The van der Waals surface area contributed by atoms with Crippen LogP contribution in [-0.2, 0) is 4.79 Å². The van der Waals surface area contributed by atoms with Crippen LogP contribution in [0.2, 0.25) is 0 Å². The number of amides is 1. The van der Waals surface area contributed by atoms with Gasteiger partial charge >= 0.3 is 0 Å². The van der Waals surface area contributed by atoms with Gasteiger partial charge in [-0.2, -0.15) is 0 Å². The molecule has 1 amide bonds. The van der Waals surface area contributed by atoms with Crippen LogP contribution >= 0.6 is 11.8 Å². The minimum atomic E-state index is -0.402. The smallest absolute Gasteiger partial charge is 0.233 e. The fourth-order valence-electron chi connectivity index (χ4n) is 2.68. The summed E-state index contributed by atoms with van der Waals surface area (Å²) in [6.45, 7) is 3.67. The number of carbonyl (C=O) groups is 1. The van der Waals surface area contributed by atoms with Crippen molar-refractivity contribution in [3.8, 4) is 11.4 Å². The van der Waals surface area contributed by atoms with Crippen LogP contribution < -0.4 is 10.1 Å². The monoisotopic (exact) mass is 400 g/mol. The van der Waals surface area contributed by atoms with E-state index in [1.165, 1.54) is 23.9 Å². The molecule has 0 aliphatic heterocycles. The van der Waals surface area contributed by atoms with Gasteiger partial charge in [-0.3, -0.25) is 9.36 Å². The van der Waals surface area contributed by atoms with Crippen LogP contribution in [0.3, 0.4) is 0 Å². The number of aromatic nitrogens is 3. The molecule has 2 aromatic carbocycles. The maximum absolute atomic E-state index is 13.1. The number of ether oxygens (including phenoxy) is 1. The van der Waals surface area contributed by atoms with E-state index in [2.05, 4.69) is 15.5 Å². The number of nitrogens with zero attached hydrogens (tertiary/aromatic N) is 3. The Bertz CT molecular complexity index is 945. The van der Waals surface area contributed by atoms with E-state index in [-0.39, 0.29) is 17.8 Å². The zero-order valence-electron chi connectivity index (χ0n) is 15.8. The third-order valence-corrected chi connectivity index (χ3v) is 5.30. The summed E-state index contributed by atoms with van der Waals surface area (Å²) in [6, 6.07) is 13.4. The molecule has 146 valence electrons. The molecule has 0 fully saturated rings. The molecule has 1 aromatic heterocycles. The van der Waals surface area contributed by atoms with Crippen molar-refractivity contribution in [2.24, 2.45) is 0 Å². The summed E-state index contributed by atoms with van der Waals surface area (Å²) in [6.07, 6.45) is 1.59. The lowest BCUT2D eigenvalue weighted by molar-refractivity contribution is -0.120. The topological polar surface area (TPSA) is 69.0 Å². The molecule has 0 aliphatic carbocycles. The van der Waals surface area contributed by atoms with Crippen LogP contribution in [-0.4, -0.2) is 33.0 Å². The minimum absolute atomic E-state index is 0.142. The average Bonchev–Trinajstić information content (AvgIpc) is 3.16. The van der Waals surface area contributed by atoms with Gasteiger partial charge < -0.3 is 10.1 Å². The van der Waals surface area contributed by atoms with Crippen molar-refractivity contribution in [3.05, 3.63) is 66.2 Å². The highest BCUT2D eigenvalue weighted by molar-refractivity contribution is 8.00. The van der Waals surface area contributed by atoms with Crippen molar-refractivity contribution in [2.45, 2.75) is 30.3 Å². The van der Waals surface area contributed by atoms with Gasteiger partial charge in [-0.15, -0.1) is 10.2 Å². The quantitative estimate of drug-likeness (QED) is 0.612. The summed E-state index contributed by atoms with van der Waals surface area (Å²) in [5.41, 5.74) is 1.63. The van der Waals surface area contributed by atoms with Crippen LogP contribution in [0.4, 0.5) is 4.39 Å². The second kappa shape index (κ2) is 8.88. The van der Waals surface area contributed by atoms with Crippen molar-refractivity contribution >= 4 is 17.7 Å². The van der Waals surface area contributed by atoms with E-state index in [1.807, 2.05) is 31.2 Å². The molecule has 6 nitrogen and oxygen atoms in total. The minimum Gasteiger partial charge on any atom is -0.495 e. The van der Waals surface area contributed by atoms with Crippen molar-refractivity contribution in [1.29, 1.82) is 0 Å². The zero-order valence-corrected chi connectivity index (χ0v) is 16.6. The highest BCUT2D eigenvalue weighted by atomic mass is 32.2. The van der Waals surface area contributed by atoms with Crippen molar-refractivity contribution in [3.63, 3.8) is 0 Å². The molecule has 0 aliphatic rings. The Morgan fingerprint density at radius 3 is 2.61 bits per heavy atom. The van der Waals surface area contributed by atoms with Gasteiger partial charge in [0.15, 0.2) is 5.16 Å². The van der Waals surface area contributed by atoms with E-state index in [4.69, 9.17) is 4.74 Å². The Hall–Kier alpha value is -2.87. The second-order valence-electron chi connectivity index (χ2n) is 6.20. The molecule has 2 atom stereocenters. The fraction of sp³-hybridized carbons (Fsp3) is 0.250. The number of nitrogens with one attached hydrogen (secondary N) is 1. The number of para-hydroxylation sites is 2. The summed E-state index contributed by atoms with van der Waals surface area (Å²) in [5, 5.41) is 11.2. The molecule has 0 bridgehead atoms. The first kappa shape index (κ1) is 19.9. The normalized spacial score (nSPS) is 13.0. The zero-order chi connectivity index (χ0) is 20.1. The number of thioether (sulfide) groups is 1. The summed E-state index contributed by atoms with van der Waals surface area (Å²) < 4.78 is 20.3. The van der Waals surface area contributed by atoms with Gasteiger partial charge in [-0.05, 0) is 43.7 Å². The highest BCUT2D eigenvalue weighted by Gasteiger charge is 2.21. The van der Waals surface area contributed by atoms with E-state index in [9.17, 15) is 9.18 Å². The second-order valence-corrected chi connectivity index (χ2v) is 7.51. The molecular formula is C20H21FN4O2S. The molecule has 0 unspecified atom stereocenters. The number of methoxy groups -OCH3 is 1. The lowest BCUT2D eigenvalue weighted by atomic mass is 10.1. The van der Waals surface area contributed by atoms with E-state index in [0.29, 0.717) is 10.9 Å². The molecule has 1 heterocycles. The third-order valence-electron chi connectivity index (χ3n) is 4.24. The van der Waals surface area contributed by atoms with Gasteiger partial charge in [-0.25, -0.2) is 4.39 Å². The van der Waals surface area contributed by atoms with Gasteiger partial charge in [0.25, 0.3) is 0 Å². The Morgan fingerprint density at radius 2 is 1.89 bits per heavy atom. The van der Waals surface area contributed by atoms with E-state index in [0.717, 1.165) is 11.3 Å². The Kier molecular flexibility index (Phi) is 6.30. The predicted molar refractivity (Wildman–Crippen MR) is 106 cm³/mol. The highest BCUT2D eigenvalue weighted by Crippen LogP contribution is 2.29. The van der Waals surface area contributed by atoms with E-state index < -0.39 is 5.25 Å². The SMILES string of the molecule is COc1ccccc1-n1cnnc1S[C@@H](C)C(=O)N[C@@H](C)c1ccc(F)cc1. The molecule has 8 heteroatoms. The van der Waals surface area contributed by atoms with Crippen LogP contribution in [0.5, 0.6) is 5.75 Å². The van der Waals surface area contributed by atoms with Crippen LogP contribution in [0.1, 0.15) is 25.5 Å². The van der Waals surface area contributed by atoms with Gasteiger partial charge in [0.05, 0.1) is 24.1 Å². The maximum atomic E-state index is 13.1. The molecule has 0 saturated heterocycles. The number of hydrogen-bond acceptors (Lipinski definition) is 5. The van der Waals surface area contributed by atoms with Gasteiger partial charge in [0.2, 0.25) is 5.91 Å². The third kappa shape index (κ3) is 4.51. The largest absolute Gasteiger partial charge is 0.495 e. The first-order valence-corrected chi connectivity index (χ1v) is 9.63. The van der Waals surface area contributed by atoms with Gasteiger partial charge in [0.1, 0.15) is 17.9 Å². The molecule has 0 saturated carbocycles. The molecule has 3 rings (SSSR count). The molecule has 0 radical (unpaired) electrons. The van der Waals surface area contributed by atoms with Crippen LogP contribution in [0.15, 0.2) is 60.0 Å². The number of halogens is 1. The maximum Gasteiger partial charge on any atom is 0.233 e. The lowest BCUT2D eigenvalue weighted by Crippen LogP contribution is -2.33. The molecule has 28 heavy (non-hydrogen) atoms. The van der Waals surface area contributed by atoms with Crippen molar-refractivity contribution in [2.75, 3.05) is 7.11 Å². The van der Waals surface area contributed by atoms with Crippen molar-refractivity contribution in [1.82, 2.24) is 20.1 Å². The summed E-state index contributed by atoms with van der Waals surface area (Å²) in [4.78, 5) is 12.6. The first-order chi connectivity index (χ1) is 13.5. The number of hydrogen-bond donors (Lipinski definition) is 1.